The van der Waals surface area contributed by atoms with Crippen LogP contribution in [-0.2, 0) is 6.54 Å². The van der Waals surface area contributed by atoms with Crippen molar-refractivity contribution >= 4 is 34.1 Å². The normalized spacial score (nSPS) is 22.1. The number of para-hydroxylation sites is 1. The lowest BCUT2D eigenvalue weighted by Gasteiger charge is -2.42. The molecule has 1 atom stereocenters. The van der Waals surface area contributed by atoms with Crippen molar-refractivity contribution in [3.63, 3.8) is 0 Å². The zero-order valence-corrected chi connectivity index (χ0v) is 11.3. The van der Waals surface area contributed by atoms with Gasteiger partial charge in [-0.15, -0.1) is 0 Å². The predicted octanol–water partition coefficient (Wildman–Crippen LogP) is 2.46. The zero-order valence-electron chi connectivity index (χ0n) is 10.5. The van der Waals surface area contributed by atoms with Gasteiger partial charge in [0.25, 0.3) is 0 Å². The van der Waals surface area contributed by atoms with Gasteiger partial charge in [0.1, 0.15) is 0 Å². The zero-order chi connectivity index (χ0) is 13.1. The summed E-state index contributed by atoms with van der Waals surface area (Å²) in [7, 11) is 1.77. The first-order chi connectivity index (χ1) is 9.16. The summed E-state index contributed by atoms with van der Waals surface area (Å²) in [4.78, 5) is 19.7. The lowest BCUT2D eigenvalue weighted by molar-refractivity contribution is 0.162. The minimum atomic E-state index is 0.00514. The molecule has 2 amide bonds. The second kappa shape index (κ2) is 3.57. The molecule has 5 heteroatoms. The fraction of sp³-hybridized carbons (Fsp3) is 0.286. The van der Waals surface area contributed by atoms with E-state index in [9.17, 15) is 4.79 Å². The highest BCUT2D eigenvalue weighted by Crippen LogP contribution is 2.38. The largest absolute Gasteiger partial charge is 0.357 e. The molecule has 4 rings (SSSR count). The Hall–Kier alpha value is -1.88. The maximum absolute atomic E-state index is 12.1. The maximum Gasteiger partial charge on any atom is 0.325 e. The Balaban J connectivity index is 1.98. The molecule has 1 saturated heterocycles. The summed E-state index contributed by atoms with van der Waals surface area (Å²) in [6, 6.07) is 8.27. The summed E-state index contributed by atoms with van der Waals surface area (Å²) in [5.74, 6) is 0.137. The number of carbonyl (C=O) groups excluding carboxylic acids is 1. The van der Waals surface area contributed by atoms with Crippen molar-refractivity contribution in [1.29, 1.82) is 0 Å². The van der Waals surface area contributed by atoms with Crippen LogP contribution in [0, 0.1) is 0 Å². The molecule has 1 fully saturated rings. The highest BCUT2D eigenvalue weighted by Gasteiger charge is 2.41. The number of fused-ring (bicyclic) bond motifs is 6. The van der Waals surface area contributed by atoms with E-state index in [0.29, 0.717) is 13.1 Å². The number of thiocarbonyl (C=S) groups is 1. The number of hydrogen-bond donors (Lipinski definition) is 1. The van der Waals surface area contributed by atoms with Crippen LogP contribution in [0.4, 0.5) is 4.79 Å². The molecule has 1 aromatic carbocycles. The molecule has 2 aliphatic rings. The first-order valence-electron chi connectivity index (χ1n) is 6.33. The van der Waals surface area contributed by atoms with Crippen molar-refractivity contribution in [2.24, 2.45) is 0 Å². The van der Waals surface area contributed by atoms with Crippen LogP contribution in [0.1, 0.15) is 17.2 Å². The smallest absolute Gasteiger partial charge is 0.325 e. The van der Waals surface area contributed by atoms with E-state index < -0.39 is 0 Å². The van der Waals surface area contributed by atoms with Gasteiger partial charge in [-0.3, -0.25) is 4.90 Å². The van der Waals surface area contributed by atoms with Gasteiger partial charge in [0, 0.05) is 30.2 Å². The van der Waals surface area contributed by atoms with E-state index in [-0.39, 0.29) is 11.9 Å². The Morgan fingerprint density at radius 3 is 3.00 bits per heavy atom. The van der Waals surface area contributed by atoms with E-state index in [1.165, 1.54) is 10.9 Å². The van der Waals surface area contributed by atoms with Crippen LogP contribution in [0.15, 0.2) is 24.3 Å². The van der Waals surface area contributed by atoms with Crippen LogP contribution < -0.4 is 0 Å². The van der Waals surface area contributed by atoms with E-state index in [1.54, 1.807) is 11.9 Å². The third-order valence-corrected chi connectivity index (χ3v) is 4.67. The molecule has 2 aromatic rings. The summed E-state index contributed by atoms with van der Waals surface area (Å²) in [6.45, 7) is 1.35. The summed E-state index contributed by atoms with van der Waals surface area (Å²) >= 11 is 5.48. The van der Waals surface area contributed by atoms with Gasteiger partial charge in [0.15, 0.2) is 0 Å². The maximum atomic E-state index is 12.1. The van der Waals surface area contributed by atoms with Gasteiger partial charge in [-0.1, -0.05) is 30.4 Å². The number of aromatic nitrogens is 1. The van der Waals surface area contributed by atoms with E-state index in [4.69, 9.17) is 12.2 Å². The van der Waals surface area contributed by atoms with Gasteiger partial charge in [-0.05, 0) is 11.6 Å². The van der Waals surface area contributed by atoms with Gasteiger partial charge >= 0.3 is 6.03 Å². The molecular weight excluding hydrogens is 258 g/mol. The minimum absolute atomic E-state index is 0.00514. The Morgan fingerprint density at radius 1 is 1.37 bits per heavy atom. The molecule has 19 heavy (non-hydrogen) atoms. The van der Waals surface area contributed by atoms with Crippen LogP contribution in [0.25, 0.3) is 10.9 Å². The highest BCUT2D eigenvalue weighted by molar-refractivity contribution is 7.80. The molecule has 96 valence electrons. The standard InChI is InChI=1S/C14H13N3OS/c1-16-13(19)9-6-17(14(16)18)7-11-12(9)8-4-2-3-5-10(8)15-11/h2-5,9,15H,6-7H2,1H3. The van der Waals surface area contributed by atoms with E-state index in [0.717, 1.165) is 16.2 Å². The Kier molecular flexibility index (Phi) is 2.07. The average Bonchev–Trinajstić information content (AvgIpc) is 2.80. The molecule has 0 aliphatic carbocycles. The number of amides is 2. The van der Waals surface area contributed by atoms with Gasteiger partial charge in [0.2, 0.25) is 0 Å². The molecule has 1 aromatic heterocycles. The molecule has 1 N–H and O–H groups in total. The fourth-order valence-electron chi connectivity index (χ4n) is 3.20. The number of H-pyrrole nitrogens is 1. The monoisotopic (exact) mass is 271 g/mol. The SMILES string of the molecule is CN1C(=O)N2Cc3[nH]c4ccccc4c3C(C2)C1=S. The first kappa shape index (κ1) is 11.0. The third-order valence-electron chi connectivity index (χ3n) is 4.11. The number of nitrogens with zero attached hydrogens (tertiary/aromatic N) is 2. The molecule has 3 heterocycles. The fourth-order valence-corrected chi connectivity index (χ4v) is 3.47. The van der Waals surface area contributed by atoms with Crippen molar-refractivity contribution in [2.75, 3.05) is 13.6 Å². The molecule has 1 unspecified atom stereocenters. The number of hydrogen-bond acceptors (Lipinski definition) is 2. The number of likely N-dealkylation sites (N-methyl/N-ethyl adjacent to an activating group) is 1. The molecule has 4 nitrogen and oxygen atoms in total. The Bertz CT molecular complexity index is 721. The minimum Gasteiger partial charge on any atom is -0.357 e. The second-order valence-electron chi connectivity index (χ2n) is 5.18. The van der Waals surface area contributed by atoms with Crippen molar-refractivity contribution in [1.82, 2.24) is 14.8 Å². The number of urea groups is 1. The van der Waals surface area contributed by atoms with Gasteiger partial charge in [0.05, 0.1) is 17.5 Å². The number of carbonyl (C=O) groups is 1. The molecule has 0 saturated carbocycles. The summed E-state index contributed by atoms with van der Waals surface area (Å²) in [5.41, 5.74) is 3.52. The molecule has 0 spiro atoms. The number of nitrogens with one attached hydrogen (secondary N) is 1. The lowest BCUT2D eigenvalue weighted by atomic mass is 9.90. The Labute approximate surface area is 116 Å². The van der Waals surface area contributed by atoms with E-state index in [2.05, 4.69) is 17.1 Å². The van der Waals surface area contributed by atoms with Crippen molar-refractivity contribution in [3.8, 4) is 0 Å². The quantitative estimate of drug-likeness (QED) is 0.748. The third kappa shape index (κ3) is 1.33. The molecular formula is C14H13N3OS. The van der Waals surface area contributed by atoms with Crippen LogP contribution in [0.3, 0.4) is 0 Å². The van der Waals surface area contributed by atoms with Crippen molar-refractivity contribution < 1.29 is 4.79 Å². The first-order valence-corrected chi connectivity index (χ1v) is 6.73. The predicted molar refractivity (Wildman–Crippen MR) is 77.2 cm³/mol. The van der Waals surface area contributed by atoms with E-state index >= 15 is 0 Å². The molecule has 0 radical (unpaired) electrons. The molecule has 2 aliphatic heterocycles. The summed E-state index contributed by atoms with van der Waals surface area (Å²) in [6.07, 6.45) is 0. The van der Waals surface area contributed by atoms with Gasteiger partial charge in [-0.25, -0.2) is 4.79 Å². The molecule has 2 bridgehead atoms. The summed E-state index contributed by atoms with van der Waals surface area (Å²) < 4.78 is 0. The van der Waals surface area contributed by atoms with Gasteiger partial charge in [-0.2, -0.15) is 0 Å². The lowest BCUT2D eigenvalue weighted by Crippen LogP contribution is -2.55. The topological polar surface area (TPSA) is 39.3 Å². The average molecular weight is 271 g/mol. The van der Waals surface area contributed by atoms with Crippen LogP contribution in [0.5, 0.6) is 0 Å². The van der Waals surface area contributed by atoms with Crippen LogP contribution >= 0.6 is 12.2 Å². The van der Waals surface area contributed by atoms with Gasteiger partial charge < -0.3 is 9.88 Å². The van der Waals surface area contributed by atoms with E-state index in [1.807, 2.05) is 17.0 Å². The second-order valence-corrected chi connectivity index (χ2v) is 5.59. The summed E-state index contributed by atoms with van der Waals surface area (Å²) in [5, 5.41) is 1.23. The van der Waals surface area contributed by atoms with Crippen LogP contribution in [-0.4, -0.2) is 39.4 Å². The number of rotatable bonds is 0. The highest BCUT2D eigenvalue weighted by atomic mass is 32.1. The van der Waals surface area contributed by atoms with Crippen molar-refractivity contribution in [3.05, 3.63) is 35.5 Å². The van der Waals surface area contributed by atoms with Crippen molar-refractivity contribution in [2.45, 2.75) is 12.5 Å². The van der Waals surface area contributed by atoms with Crippen LogP contribution in [0.2, 0.25) is 0 Å². The Morgan fingerprint density at radius 2 is 2.16 bits per heavy atom. The number of benzene rings is 1. The number of aromatic amines is 1.